The number of para-hydroxylation sites is 5. The molecule has 0 bridgehead atoms. The van der Waals surface area contributed by atoms with Gasteiger partial charge < -0.3 is 13.4 Å². The summed E-state index contributed by atoms with van der Waals surface area (Å²) < 4.78 is 15.2. The van der Waals surface area contributed by atoms with Gasteiger partial charge in [-0.05, 0) is 59.3 Å². The highest BCUT2D eigenvalue weighted by atomic mass is 16.3. The fourth-order valence-corrected chi connectivity index (χ4v) is 7.48. The number of nitrogens with zero attached hydrogens (tertiary/aromatic N) is 4. The van der Waals surface area contributed by atoms with Crippen molar-refractivity contribution >= 4 is 65.6 Å². The topological polar surface area (TPSA) is 69.9 Å². The fourth-order valence-electron chi connectivity index (χ4n) is 7.48. The largest absolute Gasteiger partial charge is 0.455 e. The zero-order chi connectivity index (χ0) is 33.5. The molecule has 0 spiro atoms. The van der Waals surface area contributed by atoms with E-state index in [-0.39, 0.29) is 0 Å². The molecule has 0 radical (unpaired) electrons. The van der Waals surface area contributed by atoms with E-state index < -0.39 is 0 Å². The van der Waals surface area contributed by atoms with Gasteiger partial charge in [0.25, 0.3) is 0 Å². The third-order valence-electron chi connectivity index (χ3n) is 9.87. The second-order valence-corrected chi connectivity index (χ2v) is 12.8. The van der Waals surface area contributed by atoms with Crippen LogP contribution in [0, 0.1) is 0 Å². The first-order chi connectivity index (χ1) is 25.3. The number of aromatic nitrogens is 4. The lowest BCUT2D eigenvalue weighted by atomic mass is 10.0. The van der Waals surface area contributed by atoms with Gasteiger partial charge in [0.1, 0.15) is 22.3 Å². The lowest BCUT2D eigenvalue weighted by Crippen LogP contribution is -2.00. The molecule has 6 nitrogen and oxygen atoms in total. The Balaban J connectivity index is 1.23. The van der Waals surface area contributed by atoms with Gasteiger partial charge in [-0.3, -0.25) is 0 Å². The van der Waals surface area contributed by atoms with Crippen molar-refractivity contribution in [1.82, 2.24) is 19.5 Å². The van der Waals surface area contributed by atoms with Gasteiger partial charge in [-0.1, -0.05) is 103 Å². The average Bonchev–Trinajstić information content (AvgIpc) is 3.88. The summed E-state index contributed by atoms with van der Waals surface area (Å²) in [6.45, 7) is 0. The zero-order valence-corrected chi connectivity index (χ0v) is 27.1. The van der Waals surface area contributed by atoms with Crippen molar-refractivity contribution in [3.8, 4) is 39.9 Å². The second kappa shape index (κ2) is 10.7. The van der Waals surface area contributed by atoms with Crippen molar-refractivity contribution in [2.24, 2.45) is 0 Å². The van der Waals surface area contributed by atoms with Gasteiger partial charge in [-0.15, -0.1) is 0 Å². The summed E-state index contributed by atoms with van der Waals surface area (Å²) in [4.78, 5) is 15.7. The van der Waals surface area contributed by atoms with Crippen LogP contribution in [-0.4, -0.2) is 19.5 Å². The minimum Gasteiger partial charge on any atom is -0.455 e. The third-order valence-corrected chi connectivity index (χ3v) is 9.87. The maximum atomic E-state index is 6.50. The molecule has 0 fully saturated rings. The van der Waals surface area contributed by atoms with Crippen LogP contribution in [0.15, 0.2) is 167 Å². The molecule has 0 aliphatic heterocycles. The minimum atomic E-state index is 0.522. The molecule has 0 saturated heterocycles. The van der Waals surface area contributed by atoms with Crippen molar-refractivity contribution in [3.05, 3.63) is 158 Å². The lowest BCUT2D eigenvalue weighted by molar-refractivity contribution is 0.669. The summed E-state index contributed by atoms with van der Waals surface area (Å²) in [7, 11) is 0. The van der Waals surface area contributed by atoms with Crippen LogP contribution in [0.4, 0.5) is 0 Å². The Morgan fingerprint density at radius 2 is 0.882 bits per heavy atom. The average molecular weight is 655 g/mol. The van der Waals surface area contributed by atoms with E-state index in [1.54, 1.807) is 0 Å². The number of hydrogen-bond donors (Lipinski definition) is 0. The predicted octanol–water partition coefficient (Wildman–Crippen LogP) is 11.8. The summed E-state index contributed by atoms with van der Waals surface area (Å²) in [5, 5.41) is 7.48. The molecule has 11 rings (SSSR count). The van der Waals surface area contributed by atoms with Crippen LogP contribution in [0.3, 0.4) is 0 Å². The molecule has 51 heavy (non-hydrogen) atoms. The smallest absolute Gasteiger partial charge is 0.167 e. The van der Waals surface area contributed by atoms with E-state index in [0.29, 0.717) is 17.5 Å². The van der Waals surface area contributed by atoms with Crippen LogP contribution in [-0.2, 0) is 0 Å². The SMILES string of the molecule is c1ccc(-n2cc(-c3nc(-c4cccc5c4oc4ccccc45)nc(-c4cccc5c4oc4ccccc45)n3)c3cc4ccccc4cc32)cc1. The van der Waals surface area contributed by atoms with Gasteiger partial charge in [0.2, 0.25) is 0 Å². The van der Waals surface area contributed by atoms with Crippen molar-refractivity contribution in [2.75, 3.05) is 0 Å². The van der Waals surface area contributed by atoms with E-state index in [2.05, 4.69) is 95.7 Å². The Morgan fingerprint density at radius 1 is 0.392 bits per heavy atom. The minimum absolute atomic E-state index is 0.522. The van der Waals surface area contributed by atoms with E-state index in [0.717, 1.165) is 87.9 Å². The quantitative estimate of drug-likeness (QED) is 0.189. The van der Waals surface area contributed by atoms with Gasteiger partial charge in [-0.25, -0.2) is 15.0 Å². The number of hydrogen-bond acceptors (Lipinski definition) is 5. The monoisotopic (exact) mass is 654 g/mol. The Kier molecular flexibility index (Phi) is 5.86. The summed E-state index contributed by atoms with van der Waals surface area (Å²) in [6, 6.07) is 51.8. The van der Waals surface area contributed by atoms with Crippen molar-refractivity contribution in [1.29, 1.82) is 0 Å². The molecular weight excluding hydrogens is 629 g/mol. The van der Waals surface area contributed by atoms with E-state index in [1.807, 2.05) is 66.7 Å². The molecule has 0 aliphatic carbocycles. The van der Waals surface area contributed by atoms with Crippen LogP contribution < -0.4 is 0 Å². The number of furan rings is 2. The number of rotatable bonds is 4. The molecule has 0 N–H and O–H groups in total. The Bertz CT molecular complexity index is 3020. The lowest BCUT2D eigenvalue weighted by Gasteiger charge is -2.09. The van der Waals surface area contributed by atoms with Crippen molar-refractivity contribution < 1.29 is 8.83 Å². The van der Waals surface area contributed by atoms with Crippen LogP contribution in [0.5, 0.6) is 0 Å². The molecule has 7 aromatic carbocycles. The third kappa shape index (κ3) is 4.26. The highest BCUT2D eigenvalue weighted by Crippen LogP contribution is 2.40. The van der Waals surface area contributed by atoms with Crippen LogP contribution in [0.25, 0.3) is 105 Å². The normalized spacial score (nSPS) is 11.9. The van der Waals surface area contributed by atoms with Gasteiger partial charge >= 0.3 is 0 Å². The summed E-state index contributed by atoms with van der Waals surface area (Å²) in [6.07, 6.45) is 2.14. The molecule has 6 heteroatoms. The highest BCUT2D eigenvalue weighted by Gasteiger charge is 2.22. The summed E-state index contributed by atoms with van der Waals surface area (Å²) in [5.74, 6) is 1.61. The maximum absolute atomic E-state index is 6.50. The molecule has 0 unspecified atom stereocenters. The van der Waals surface area contributed by atoms with Gasteiger partial charge in [0.05, 0.1) is 16.6 Å². The first kappa shape index (κ1) is 27.9. The molecule has 0 atom stereocenters. The van der Waals surface area contributed by atoms with Gasteiger partial charge in [0, 0.05) is 44.4 Å². The van der Waals surface area contributed by atoms with Crippen molar-refractivity contribution in [3.63, 3.8) is 0 Å². The highest BCUT2D eigenvalue weighted by molar-refractivity contribution is 6.11. The van der Waals surface area contributed by atoms with E-state index in [4.69, 9.17) is 23.8 Å². The fraction of sp³-hybridized carbons (Fsp3) is 0. The Labute approximate surface area is 290 Å². The standard InChI is InChI=1S/C45H26N4O2/c1-2-14-29(15-3-1)49-26-37(36-24-27-12-4-5-13-28(27)25-38(36)49)45-47-43(34-20-10-18-32-30-16-6-8-22-39(30)50-41(32)34)46-44(48-45)35-21-11-19-33-31-17-7-9-23-40(31)51-42(33)35/h1-26H. The number of benzene rings is 7. The zero-order valence-electron chi connectivity index (χ0n) is 27.1. The maximum Gasteiger partial charge on any atom is 0.167 e. The van der Waals surface area contributed by atoms with E-state index in [9.17, 15) is 0 Å². The molecule has 11 aromatic rings. The molecule has 0 saturated carbocycles. The Morgan fingerprint density at radius 3 is 1.49 bits per heavy atom. The first-order valence-electron chi connectivity index (χ1n) is 16.9. The summed E-state index contributed by atoms with van der Waals surface area (Å²) >= 11 is 0. The van der Waals surface area contributed by atoms with Gasteiger partial charge in [0.15, 0.2) is 17.5 Å². The first-order valence-corrected chi connectivity index (χ1v) is 16.9. The molecule has 0 amide bonds. The van der Waals surface area contributed by atoms with Crippen LogP contribution >= 0.6 is 0 Å². The Hall–Kier alpha value is -7.05. The molecule has 4 aromatic heterocycles. The second-order valence-electron chi connectivity index (χ2n) is 12.8. The predicted molar refractivity (Wildman–Crippen MR) is 205 cm³/mol. The van der Waals surface area contributed by atoms with Crippen molar-refractivity contribution in [2.45, 2.75) is 0 Å². The number of fused-ring (bicyclic) bond motifs is 8. The van der Waals surface area contributed by atoms with E-state index >= 15 is 0 Å². The van der Waals surface area contributed by atoms with Crippen LogP contribution in [0.1, 0.15) is 0 Å². The van der Waals surface area contributed by atoms with Crippen LogP contribution in [0.2, 0.25) is 0 Å². The van der Waals surface area contributed by atoms with E-state index in [1.165, 1.54) is 0 Å². The molecule has 4 heterocycles. The molecule has 238 valence electrons. The molecular formula is C45H26N4O2. The molecule has 0 aliphatic rings. The summed E-state index contributed by atoms with van der Waals surface area (Å²) in [5.41, 5.74) is 7.72. The van der Waals surface area contributed by atoms with Gasteiger partial charge in [-0.2, -0.15) is 0 Å².